The van der Waals surface area contributed by atoms with Gasteiger partial charge in [0.2, 0.25) is 0 Å². The van der Waals surface area contributed by atoms with Crippen LogP contribution in [0.2, 0.25) is 0 Å². The number of imide groups is 1. The maximum absolute atomic E-state index is 13.0. The molecule has 2 N–H and O–H groups in total. The van der Waals surface area contributed by atoms with Crippen molar-refractivity contribution < 1.29 is 14.4 Å². The van der Waals surface area contributed by atoms with Crippen LogP contribution in [-0.2, 0) is 17.6 Å². The van der Waals surface area contributed by atoms with Crippen molar-refractivity contribution in [2.24, 2.45) is 5.92 Å². The van der Waals surface area contributed by atoms with E-state index >= 15 is 0 Å². The Morgan fingerprint density at radius 2 is 1.83 bits per heavy atom. The lowest BCUT2D eigenvalue weighted by molar-refractivity contribution is -0.129. The second kappa shape index (κ2) is 7.31. The number of H-pyrrole nitrogens is 1. The highest BCUT2D eigenvalue weighted by atomic mass is 16.2. The number of hydrogen-bond acceptors (Lipinski definition) is 4. The summed E-state index contributed by atoms with van der Waals surface area (Å²) in [6, 6.07) is 1.39. The minimum Gasteiger partial charge on any atom is -0.338 e. The Morgan fingerprint density at radius 3 is 2.52 bits per heavy atom. The van der Waals surface area contributed by atoms with Gasteiger partial charge in [-0.2, -0.15) is 0 Å². The van der Waals surface area contributed by atoms with E-state index in [-0.39, 0.29) is 34.9 Å². The van der Waals surface area contributed by atoms with Crippen LogP contribution in [0.1, 0.15) is 61.1 Å². The molecule has 4 rings (SSSR count). The highest BCUT2D eigenvalue weighted by molar-refractivity contribution is 6.07. The van der Waals surface area contributed by atoms with E-state index in [0.29, 0.717) is 32.5 Å². The highest BCUT2D eigenvalue weighted by Crippen LogP contribution is 2.34. The van der Waals surface area contributed by atoms with Gasteiger partial charge in [-0.05, 0) is 56.1 Å². The van der Waals surface area contributed by atoms with Gasteiger partial charge in [0, 0.05) is 25.3 Å². The number of piperidine rings is 1. The molecule has 1 aromatic heterocycles. The van der Waals surface area contributed by atoms with Crippen molar-refractivity contribution in [1.29, 1.82) is 0 Å². The van der Waals surface area contributed by atoms with Crippen LogP contribution in [0.4, 0.5) is 4.79 Å². The minimum absolute atomic E-state index is 0.174. The molecule has 0 radical (unpaired) electrons. The molecule has 2 fully saturated rings. The summed E-state index contributed by atoms with van der Waals surface area (Å²) in [4.78, 5) is 56.5. The Balaban J connectivity index is 1.52. The Labute approximate surface area is 169 Å². The van der Waals surface area contributed by atoms with E-state index in [1.165, 1.54) is 0 Å². The number of rotatable bonds is 3. The summed E-state index contributed by atoms with van der Waals surface area (Å²) in [7, 11) is 0. The molecule has 1 aliphatic carbocycles. The van der Waals surface area contributed by atoms with Gasteiger partial charge in [0.15, 0.2) is 0 Å². The standard InChI is InChI=1S/C21H28N4O4/c1-13(2)12-25-20(29)23-19(28)21(25)7-9-24(10-8-21)18(27)15-11-14-5-3-4-6-16(14)22-17(15)26/h11,13H,3-10,12H2,1-2H3,(H,22,26)(H,23,28,29). The Morgan fingerprint density at radius 1 is 1.14 bits per heavy atom. The number of aromatic amines is 1. The molecule has 1 aromatic rings. The summed E-state index contributed by atoms with van der Waals surface area (Å²) < 4.78 is 0. The van der Waals surface area contributed by atoms with Crippen molar-refractivity contribution in [2.45, 2.75) is 57.9 Å². The van der Waals surface area contributed by atoms with Crippen molar-refractivity contribution in [1.82, 2.24) is 20.1 Å². The molecular weight excluding hydrogens is 372 g/mol. The van der Waals surface area contributed by atoms with Crippen LogP contribution in [-0.4, -0.2) is 57.8 Å². The number of carbonyl (C=O) groups excluding carboxylic acids is 3. The van der Waals surface area contributed by atoms with Gasteiger partial charge in [0.05, 0.1) is 0 Å². The van der Waals surface area contributed by atoms with Crippen LogP contribution in [0.15, 0.2) is 10.9 Å². The summed E-state index contributed by atoms with van der Waals surface area (Å²) in [5.74, 6) is -0.339. The zero-order valence-corrected chi connectivity index (χ0v) is 17.0. The number of aromatic nitrogens is 1. The lowest BCUT2D eigenvalue weighted by Crippen LogP contribution is -2.58. The van der Waals surface area contributed by atoms with Gasteiger partial charge in [-0.15, -0.1) is 0 Å². The van der Waals surface area contributed by atoms with Gasteiger partial charge < -0.3 is 14.8 Å². The average Bonchev–Trinajstić information content (AvgIpc) is 2.91. The van der Waals surface area contributed by atoms with E-state index < -0.39 is 5.54 Å². The molecule has 0 aromatic carbocycles. The topological polar surface area (TPSA) is 103 Å². The number of hydrogen-bond donors (Lipinski definition) is 2. The van der Waals surface area contributed by atoms with E-state index in [1.807, 2.05) is 13.8 Å². The smallest absolute Gasteiger partial charge is 0.325 e. The molecule has 0 atom stereocenters. The number of aryl methyl sites for hydroxylation is 2. The predicted octanol–water partition coefficient (Wildman–Crippen LogP) is 1.44. The third-order valence-corrected chi connectivity index (χ3v) is 6.40. The Kier molecular flexibility index (Phi) is 4.96. The van der Waals surface area contributed by atoms with Gasteiger partial charge in [0.1, 0.15) is 11.1 Å². The van der Waals surface area contributed by atoms with Gasteiger partial charge in [-0.25, -0.2) is 4.79 Å². The summed E-state index contributed by atoms with van der Waals surface area (Å²) in [5.41, 5.74) is 0.941. The maximum Gasteiger partial charge on any atom is 0.325 e. The van der Waals surface area contributed by atoms with E-state index in [0.717, 1.165) is 36.9 Å². The number of nitrogens with one attached hydrogen (secondary N) is 2. The van der Waals surface area contributed by atoms with E-state index in [4.69, 9.17) is 0 Å². The summed E-state index contributed by atoms with van der Waals surface area (Å²) >= 11 is 0. The fraction of sp³-hybridized carbons (Fsp3) is 0.619. The summed E-state index contributed by atoms with van der Waals surface area (Å²) in [6.45, 7) is 5.18. The summed E-state index contributed by atoms with van der Waals surface area (Å²) in [5, 5.41) is 2.44. The van der Waals surface area contributed by atoms with Crippen LogP contribution in [0.3, 0.4) is 0 Å². The molecule has 8 heteroatoms. The molecule has 29 heavy (non-hydrogen) atoms. The highest BCUT2D eigenvalue weighted by Gasteiger charge is 2.54. The molecular formula is C21H28N4O4. The van der Waals surface area contributed by atoms with Crippen molar-refractivity contribution in [3.8, 4) is 0 Å². The molecule has 4 amide bonds. The first-order valence-electron chi connectivity index (χ1n) is 10.5. The lowest BCUT2D eigenvalue weighted by Gasteiger charge is -2.42. The van der Waals surface area contributed by atoms with Crippen molar-refractivity contribution in [2.75, 3.05) is 19.6 Å². The predicted molar refractivity (Wildman–Crippen MR) is 107 cm³/mol. The molecule has 2 saturated heterocycles. The van der Waals surface area contributed by atoms with Gasteiger partial charge in [0.25, 0.3) is 17.4 Å². The number of pyridine rings is 1. The number of carbonyl (C=O) groups is 3. The zero-order valence-electron chi connectivity index (χ0n) is 17.0. The Hall–Kier alpha value is -2.64. The Bertz CT molecular complexity index is 912. The van der Waals surface area contributed by atoms with E-state index in [2.05, 4.69) is 10.3 Å². The largest absolute Gasteiger partial charge is 0.338 e. The number of nitrogens with zero attached hydrogens (tertiary/aromatic N) is 2. The van der Waals surface area contributed by atoms with Crippen molar-refractivity contribution >= 4 is 17.8 Å². The SMILES string of the molecule is CC(C)CN1C(=O)NC(=O)C12CCN(C(=O)c1cc3c([nH]c1=O)CCCC3)CC2. The molecule has 1 spiro atoms. The fourth-order valence-electron chi connectivity index (χ4n) is 4.80. The zero-order chi connectivity index (χ0) is 20.8. The van der Waals surface area contributed by atoms with Crippen molar-refractivity contribution in [3.63, 3.8) is 0 Å². The fourth-order valence-corrected chi connectivity index (χ4v) is 4.80. The van der Waals surface area contributed by atoms with Crippen LogP contribution < -0.4 is 10.9 Å². The van der Waals surface area contributed by atoms with Crippen LogP contribution >= 0.6 is 0 Å². The number of likely N-dealkylation sites (tertiary alicyclic amines) is 1. The monoisotopic (exact) mass is 400 g/mol. The van der Waals surface area contributed by atoms with Crippen LogP contribution in [0, 0.1) is 5.92 Å². The number of amides is 4. The average molecular weight is 400 g/mol. The maximum atomic E-state index is 13.0. The molecule has 0 saturated carbocycles. The molecule has 0 unspecified atom stereocenters. The minimum atomic E-state index is -0.888. The molecule has 0 bridgehead atoms. The normalized spacial score (nSPS) is 20.9. The second-order valence-electron chi connectivity index (χ2n) is 8.81. The molecule has 3 aliphatic rings. The molecule has 2 aliphatic heterocycles. The number of urea groups is 1. The van der Waals surface area contributed by atoms with Crippen LogP contribution in [0.25, 0.3) is 0 Å². The summed E-state index contributed by atoms with van der Waals surface area (Å²) in [6.07, 6.45) is 4.60. The quantitative estimate of drug-likeness (QED) is 0.750. The van der Waals surface area contributed by atoms with Gasteiger partial charge in [-0.3, -0.25) is 19.7 Å². The second-order valence-corrected chi connectivity index (χ2v) is 8.81. The van der Waals surface area contributed by atoms with Crippen molar-refractivity contribution in [3.05, 3.63) is 33.2 Å². The molecule has 8 nitrogen and oxygen atoms in total. The first-order chi connectivity index (χ1) is 13.8. The third kappa shape index (κ3) is 3.34. The first kappa shape index (κ1) is 19.7. The molecule has 156 valence electrons. The molecule has 3 heterocycles. The van der Waals surface area contributed by atoms with Gasteiger partial charge in [-0.1, -0.05) is 13.8 Å². The van der Waals surface area contributed by atoms with E-state index in [1.54, 1.807) is 15.9 Å². The van der Waals surface area contributed by atoms with Gasteiger partial charge >= 0.3 is 6.03 Å². The lowest BCUT2D eigenvalue weighted by atomic mass is 9.85. The van der Waals surface area contributed by atoms with Crippen LogP contribution in [0.5, 0.6) is 0 Å². The number of fused-ring (bicyclic) bond motifs is 1. The first-order valence-corrected chi connectivity index (χ1v) is 10.5. The third-order valence-electron chi connectivity index (χ3n) is 6.40. The van der Waals surface area contributed by atoms with E-state index in [9.17, 15) is 19.2 Å².